The van der Waals surface area contributed by atoms with E-state index >= 15 is 0 Å². The van der Waals surface area contributed by atoms with Crippen molar-refractivity contribution < 1.29 is 22.3 Å². The molecule has 0 heterocycles. The summed E-state index contributed by atoms with van der Waals surface area (Å²) in [5, 5.41) is 2.68. The lowest BCUT2D eigenvalue weighted by Crippen LogP contribution is -2.35. The third-order valence-corrected chi connectivity index (χ3v) is 4.79. The van der Waals surface area contributed by atoms with Crippen molar-refractivity contribution in [3.05, 3.63) is 59.4 Å². The highest BCUT2D eigenvalue weighted by Gasteiger charge is 2.17. The maximum atomic E-state index is 14.0. The van der Waals surface area contributed by atoms with Gasteiger partial charge in [0.1, 0.15) is 11.6 Å². The molecular weight excluding hydrogens is 395 g/mol. The van der Waals surface area contributed by atoms with E-state index in [1.54, 1.807) is 6.92 Å². The molecule has 0 radical (unpaired) electrons. The Kier molecular flexibility index (Phi) is 6.89. The van der Waals surface area contributed by atoms with E-state index in [2.05, 4.69) is 30.8 Å². The second kappa shape index (κ2) is 8.82. The summed E-state index contributed by atoms with van der Waals surface area (Å²) >= 11 is 0. The Balaban J connectivity index is 1.92. The third kappa shape index (κ3) is 7.05. The first-order valence-electron chi connectivity index (χ1n) is 9.16. The lowest BCUT2D eigenvalue weighted by molar-refractivity contribution is -0.127. The molecule has 2 N–H and O–H groups in total. The van der Waals surface area contributed by atoms with Crippen LogP contribution in [0.2, 0.25) is 0 Å². The van der Waals surface area contributed by atoms with Gasteiger partial charge in [-0.1, -0.05) is 39.0 Å². The number of sulfonamides is 1. The molecule has 29 heavy (non-hydrogen) atoms. The Hall–Kier alpha value is -2.61. The second-order valence-corrected chi connectivity index (χ2v) is 9.69. The summed E-state index contributed by atoms with van der Waals surface area (Å²) in [5.41, 5.74) is 1.55. The predicted octanol–water partition coefficient (Wildman–Crippen LogP) is 3.58. The first-order chi connectivity index (χ1) is 13.3. The molecule has 0 aliphatic heterocycles. The van der Waals surface area contributed by atoms with E-state index in [9.17, 15) is 17.6 Å². The molecule has 0 fully saturated rings. The van der Waals surface area contributed by atoms with Gasteiger partial charge in [0.2, 0.25) is 10.0 Å². The fraction of sp³-hybridized carbons (Fsp3) is 0.381. The number of hydrogen-bond acceptors (Lipinski definition) is 4. The van der Waals surface area contributed by atoms with Crippen LogP contribution in [0.4, 0.5) is 10.1 Å². The van der Waals surface area contributed by atoms with Gasteiger partial charge in [0, 0.05) is 6.54 Å². The van der Waals surface area contributed by atoms with Crippen LogP contribution < -0.4 is 14.8 Å². The van der Waals surface area contributed by atoms with E-state index in [-0.39, 0.29) is 23.6 Å². The Morgan fingerprint density at radius 3 is 2.28 bits per heavy atom. The number of halogens is 1. The predicted molar refractivity (Wildman–Crippen MR) is 112 cm³/mol. The third-order valence-electron chi connectivity index (χ3n) is 4.20. The highest BCUT2D eigenvalue weighted by molar-refractivity contribution is 7.92. The minimum Gasteiger partial charge on any atom is -0.481 e. The lowest BCUT2D eigenvalue weighted by atomic mass is 9.87. The molecule has 2 rings (SSSR count). The summed E-state index contributed by atoms with van der Waals surface area (Å²) in [6, 6.07) is 11.6. The van der Waals surface area contributed by atoms with Crippen LogP contribution in [0.15, 0.2) is 42.5 Å². The number of carbonyl (C=O) groups excluding carboxylic acids is 1. The highest BCUT2D eigenvalue weighted by Crippen LogP contribution is 2.24. The van der Waals surface area contributed by atoms with Gasteiger partial charge in [0.15, 0.2) is 6.10 Å². The van der Waals surface area contributed by atoms with Gasteiger partial charge in [-0.3, -0.25) is 9.52 Å². The molecule has 0 saturated heterocycles. The normalized spacial score (nSPS) is 12.9. The maximum Gasteiger partial charge on any atom is 0.261 e. The second-order valence-electron chi connectivity index (χ2n) is 7.94. The van der Waals surface area contributed by atoms with Crippen LogP contribution in [0.5, 0.6) is 5.75 Å². The smallest absolute Gasteiger partial charge is 0.261 e. The summed E-state index contributed by atoms with van der Waals surface area (Å²) in [6.07, 6.45) is 0.213. The molecular formula is C21H27FN2O4S. The van der Waals surface area contributed by atoms with Crippen molar-refractivity contribution in [1.29, 1.82) is 0 Å². The SMILES string of the molecule is C[C@@H](Oc1ccc(C(C)(C)C)cc1)C(=O)NCc1ccc(NS(C)(=O)=O)c(F)c1. The van der Waals surface area contributed by atoms with E-state index in [4.69, 9.17) is 4.74 Å². The van der Waals surface area contributed by atoms with Gasteiger partial charge in [-0.15, -0.1) is 0 Å². The van der Waals surface area contributed by atoms with Crippen LogP contribution in [-0.2, 0) is 26.8 Å². The Morgan fingerprint density at radius 2 is 1.76 bits per heavy atom. The fourth-order valence-corrected chi connectivity index (χ4v) is 3.14. The molecule has 0 aliphatic carbocycles. The minimum atomic E-state index is -3.57. The summed E-state index contributed by atoms with van der Waals surface area (Å²) < 4.78 is 44.2. The quantitative estimate of drug-likeness (QED) is 0.714. The molecule has 1 amide bonds. The van der Waals surface area contributed by atoms with Crippen molar-refractivity contribution in [3.8, 4) is 5.75 Å². The fourth-order valence-electron chi connectivity index (χ4n) is 2.58. The van der Waals surface area contributed by atoms with Crippen LogP contribution in [0.1, 0.15) is 38.8 Å². The molecule has 0 aromatic heterocycles. The van der Waals surface area contributed by atoms with Crippen molar-refractivity contribution in [2.75, 3.05) is 11.0 Å². The minimum absolute atomic E-state index is 0.0309. The largest absolute Gasteiger partial charge is 0.481 e. The first kappa shape index (κ1) is 22.7. The zero-order chi connectivity index (χ0) is 21.8. The van der Waals surface area contributed by atoms with Gasteiger partial charge < -0.3 is 10.1 Å². The van der Waals surface area contributed by atoms with Crippen LogP contribution in [0.3, 0.4) is 0 Å². The lowest BCUT2D eigenvalue weighted by Gasteiger charge is -2.20. The average molecular weight is 423 g/mol. The van der Waals surface area contributed by atoms with E-state index in [1.807, 2.05) is 24.3 Å². The molecule has 0 aliphatic rings. The number of amides is 1. The molecule has 1 atom stereocenters. The van der Waals surface area contributed by atoms with Crippen molar-refractivity contribution in [2.24, 2.45) is 0 Å². The first-order valence-corrected chi connectivity index (χ1v) is 11.1. The Labute approximate surface area is 171 Å². The Morgan fingerprint density at radius 1 is 1.14 bits per heavy atom. The van der Waals surface area contributed by atoms with Crippen LogP contribution in [0, 0.1) is 5.82 Å². The molecule has 8 heteroatoms. The summed E-state index contributed by atoms with van der Waals surface area (Å²) in [6.45, 7) is 8.07. The van der Waals surface area contributed by atoms with E-state index < -0.39 is 21.9 Å². The van der Waals surface area contributed by atoms with Gasteiger partial charge >= 0.3 is 0 Å². The van der Waals surface area contributed by atoms with Gasteiger partial charge in [-0.05, 0) is 47.7 Å². The zero-order valence-corrected chi connectivity index (χ0v) is 18.1. The Bertz CT molecular complexity index is 967. The topological polar surface area (TPSA) is 84.5 Å². The molecule has 6 nitrogen and oxygen atoms in total. The number of rotatable bonds is 7. The summed E-state index contributed by atoms with van der Waals surface area (Å²) in [7, 11) is -3.57. The average Bonchev–Trinajstić information content (AvgIpc) is 2.60. The number of hydrogen-bond donors (Lipinski definition) is 2. The van der Waals surface area contributed by atoms with Crippen LogP contribution >= 0.6 is 0 Å². The number of carbonyl (C=O) groups is 1. The van der Waals surface area contributed by atoms with E-state index in [0.29, 0.717) is 11.3 Å². The van der Waals surface area contributed by atoms with Crippen molar-refractivity contribution in [2.45, 2.75) is 45.8 Å². The number of anilines is 1. The van der Waals surface area contributed by atoms with Gasteiger partial charge in [0.25, 0.3) is 5.91 Å². The monoisotopic (exact) mass is 422 g/mol. The van der Waals surface area contributed by atoms with Crippen molar-refractivity contribution in [1.82, 2.24) is 5.32 Å². The molecule has 2 aromatic rings. The van der Waals surface area contributed by atoms with Crippen LogP contribution in [-0.4, -0.2) is 26.7 Å². The molecule has 2 aromatic carbocycles. The van der Waals surface area contributed by atoms with E-state index in [1.165, 1.54) is 18.2 Å². The highest BCUT2D eigenvalue weighted by atomic mass is 32.2. The van der Waals surface area contributed by atoms with Gasteiger partial charge in [-0.2, -0.15) is 0 Å². The van der Waals surface area contributed by atoms with Gasteiger partial charge in [-0.25, -0.2) is 12.8 Å². The standard InChI is InChI=1S/C21H27FN2O4S/c1-14(28-17-9-7-16(8-10-17)21(2,3)4)20(25)23-13-15-6-11-19(18(22)12-15)24-29(5,26)27/h6-12,14,24H,13H2,1-5H3,(H,23,25)/t14-/m1/s1. The molecule has 0 spiro atoms. The number of benzene rings is 2. The zero-order valence-electron chi connectivity index (χ0n) is 17.2. The molecule has 0 bridgehead atoms. The van der Waals surface area contributed by atoms with Crippen LogP contribution in [0.25, 0.3) is 0 Å². The number of ether oxygens (including phenoxy) is 1. The molecule has 158 valence electrons. The summed E-state index contributed by atoms with van der Waals surface area (Å²) in [5.74, 6) is -0.475. The van der Waals surface area contributed by atoms with Crippen molar-refractivity contribution in [3.63, 3.8) is 0 Å². The number of nitrogens with one attached hydrogen (secondary N) is 2. The van der Waals surface area contributed by atoms with E-state index in [0.717, 1.165) is 11.8 Å². The maximum absolute atomic E-state index is 14.0. The van der Waals surface area contributed by atoms with Gasteiger partial charge in [0.05, 0.1) is 11.9 Å². The van der Waals surface area contributed by atoms with Crippen molar-refractivity contribution >= 4 is 21.6 Å². The molecule has 0 unspecified atom stereocenters. The summed E-state index contributed by atoms with van der Waals surface area (Å²) in [4.78, 5) is 12.3. The molecule has 0 saturated carbocycles.